The summed E-state index contributed by atoms with van der Waals surface area (Å²) in [5.41, 5.74) is 6.14. The standard InChI is InChI=1S/C15H22N4O/c1-5-6-12-17-9-10-19(12)13-8-7-11(16)14(18-13)20-15(2,3)4/h7-10H,5-6,16H2,1-4H3. The molecule has 0 aliphatic carbocycles. The highest BCUT2D eigenvalue weighted by atomic mass is 16.5. The van der Waals surface area contributed by atoms with Crippen LogP contribution in [0.4, 0.5) is 5.69 Å². The highest BCUT2D eigenvalue weighted by molar-refractivity contribution is 5.51. The Labute approximate surface area is 119 Å². The van der Waals surface area contributed by atoms with E-state index in [0.29, 0.717) is 11.6 Å². The lowest BCUT2D eigenvalue weighted by atomic mass is 10.2. The number of pyridine rings is 1. The van der Waals surface area contributed by atoms with Crippen molar-refractivity contribution in [3.05, 3.63) is 30.4 Å². The number of anilines is 1. The molecule has 2 N–H and O–H groups in total. The molecule has 2 heterocycles. The number of aromatic nitrogens is 3. The molecule has 2 aromatic heterocycles. The number of nitrogen functional groups attached to an aromatic ring is 1. The zero-order chi connectivity index (χ0) is 14.8. The van der Waals surface area contributed by atoms with Crippen LogP contribution in [0.25, 0.3) is 5.82 Å². The topological polar surface area (TPSA) is 66.0 Å². The van der Waals surface area contributed by atoms with Crippen LogP contribution in [0.15, 0.2) is 24.5 Å². The van der Waals surface area contributed by atoms with E-state index < -0.39 is 0 Å². The summed E-state index contributed by atoms with van der Waals surface area (Å²) in [6.07, 6.45) is 5.64. The largest absolute Gasteiger partial charge is 0.470 e. The first-order valence-corrected chi connectivity index (χ1v) is 6.89. The molecule has 2 rings (SSSR count). The fourth-order valence-electron chi connectivity index (χ4n) is 1.90. The fraction of sp³-hybridized carbons (Fsp3) is 0.467. The van der Waals surface area contributed by atoms with Crippen LogP contribution < -0.4 is 10.5 Å². The second-order valence-corrected chi connectivity index (χ2v) is 5.74. The van der Waals surface area contributed by atoms with Crippen molar-refractivity contribution in [2.24, 2.45) is 0 Å². The number of rotatable bonds is 4. The first-order chi connectivity index (χ1) is 9.40. The zero-order valence-corrected chi connectivity index (χ0v) is 12.6. The van der Waals surface area contributed by atoms with E-state index >= 15 is 0 Å². The second-order valence-electron chi connectivity index (χ2n) is 5.74. The summed E-state index contributed by atoms with van der Waals surface area (Å²) in [6.45, 7) is 8.05. The molecule has 0 saturated heterocycles. The molecule has 0 saturated carbocycles. The van der Waals surface area contributed by atoms with Crippen LogP contribution >= 0.6 is 0 Å². The van der Waals surface area contributed by atoms with Crippen molar-refractivity contribution in [2.75, 3.05) is 5.73 Å². The normalized spacial score (nSPS) is 11.6. The van der Waals surface area contributed by atoms with Crippen molar-refractivity contribution in [3.8, 4) is 11.7 Å². The predicted molar refractivity (Wildman–Crippen MR) is 80.1 cm³/mol. The summed E-state index contributed by atoms with van der Waals surface area (Å²) in [4.78, 5) is 8.88. The van der Waals surface area contributed by atoms with E-state index in [9.17, 15) is 0 Å². The van der Waals surface area contributed by atoms with Crippen LogP contribution in [-0.4, -0.2) is 20.1 Å². The third-order valence-electron chi connectivity index (χ3n) is 2.72. The van der Waals surface area contributed by atoms with Crippen LogP contribution in [0.5, 0.6) is 5.88 Å². The molecule has 0 aromatic carbocycles. The molecule has 0 aliphatic heterocycles. The van der Waals surface area contributed by atoms with Crippen molar-refractivity contribution in [2.45, 2.75) is 46.1 Å². The summed E-state index contributed by atoms with van der Waals surface area (Å²) in [6, 6.07) is 3.70. The number of imidazole rings is 1. The molecule has 5 nitrogen and oxygen atoms in total. The first kappa shape index (κ1) is 14.4. The molecule has 0 atom stereocenters. The van der Waals surface area contributed by atoms with E-state index in [1.807, 2.05) is 43.7 Å². The fourth-order valence-corrected chi connectivity index (χ4v) is 1.90. The Morgan fingerprint density at radius 1 is 1.30 bits per heavy atom. The van der Waals surface area contributed by atoms with Gasteiger partial charge in [-0.15, -0.1) is 0 Å². The van der Waals surface area contributed by atoms with Gasteiger partial charge in [0.15, 0.2) is 0 Å². The molecule has 5 heteroatoms. The molecular weight excluding hydrogens is 252 g/mol. The Morgan fingerprint density at radius 2 is 2.05 bits per heavy atom. The quantitative estimate of drug-likeness (QED) is 0.930. The Kier molecular flexibility index (Phi) is 3.97. The summed E-state index contributed by atoms with van der Waals surface area (Å²) in [5.74, 6) is 2.23. The van der Waals surface area contributed by atoms with Gasteiger partial charge in [-0.1, -0.05) is 6.92 Å². The summed E-state index contributed by atoms with van der Waals surface area (Å²) in [5, 5.41) is 0. The van der Waals surface area contributed by atoms with Crippen molar-refractivity contribution >= 4 is 5.69 Å². The van der Waals surface area contributed by atoms with Crippen LogP contribution in [0.3, 0.4) is 0 Å². The highest BCUT2D eigenvalue weighted by Crippen LogP contribution is 2.25. The number of hydrogen-bond acceptors (Lipinski definition) is 4. The highest BCUT2D eigenvalue weighted by Gasteiger charge is 2.16. The molecule has 2 aromatic rings. The molecule has 0 bridgehead atoms. The third kappa shape index (κ3) is 3.29. The third-order valence-corrected chi connectivity index (χ3v) is 2.72. The molecule has 0 unspecified atom stereocenters. The number of aryl methyl sites for hydroxylation is 1. The van der Waals surface area contributed by atoms with Crippen LogP contribution in [0.2, 0.25) is 0 Å². The number of nitrogens with two attached hydrogens (primary N) is 1. The van der Waals surface area contributed by atoms with Gasteiger partial charge >= 0.3 is 0 Å². The Morgan fingerprint density at radius 3 is 2.70 bits per heavy atom. The van der Waals surface area contributed by atoms with Crippen LogP contribution in [0, 0.1) is 0 Å². The molecule has 20 heavy (non-hydrogen) atoms. The minimum atomic E-state index is -0.332. The molecule has 0 fully saturated rings. The maximum absolute atomic E-state index is 5.93. The lowest BCUT2D eigenvalue weighted by Gasteiger charge is -2.21. The van der Waals surface area contributed by atoms with Crippen molar-refractivity contribution in [3.63, 3.8) is 0 Å². The van der Waals surface area contributed by atoms with E-state index in [0.717, 1.165) is 24.5 Å². The lowest BCUT2D eigenvalue weighted by Crippen LogP contribution is -2.24. The Bertz CT molecular complexity index is 584. The second kappa shape index (κ2) is 5.53. The van der Waals surface area contributed by atoms with Crippen LogP contribution in [0.1, 0.15) is 39.9 Å². The van der Waals surface area contributed by atoms with Gasteiger partial charge < -0.3 is 10.5 Å². The summed E-state index contributed by atoms with van der Waals surface area (Å²) in [7, 11) is 0. The molecule has 0 spiro atoms. The van der Waals surface area contributed by atoms with Gasteiger partial charge in [-0.2, -0.15) is 4.98 Å². The van der Waals surface area contributed by atoms with Gasteiger partial charge in [-0.25, -0.2) is 4.98 Å². The minimum absolute atomic E-state index is 0.332. The van der Waals surface area contributed by atoms with Gasteiger partial charge in [0.2, 0.25) is 5.88 Å². The summed E-state index contributed by atoms with van der Waals surface area (Å²) >= 11 is 0. The van der Waals surface area contributed by atoms with Crippen molar-refractivity contribution < 1.29 is 4.74 Å². The van der Waals surface area contributed by atoms with E-state index in [-0.39, 0.29) is 5.60 Å². The smallest absolute Gasteiger partial charge is 0.239 e. The average molecular weight is 274 g/mol. The molecule has 108 valence electrons. The van der Waals surface area contributed by atoms with Gasteiger partial charge in [0.1, 0.15) is 17.2 Å². The van der Waals surface area contributed by atoms with E-state index in [2.05, 4.69) is 16.9 Å². The zero-order valence-electron chi connectivity index (χ0n) is 12.6. The molecule has 0 aliphatic rings. The number of ether oxygens (including phenoxy) is 1. The van der Waals surface area contributed by atoms with Crippen molar-refractivity contribution in [1.29, 1.82) is 0 Å². The lowest BCUT2D eigenvalue weighted by molar-refractivity contribution is 0.125. The average Bonchev–Trinajstić information content (AvgIpc) is 2.79. The van der Waals surface area contributed by atoms with Gasteiger partial charge in [0, 0.05) is 18.8 Å². The van der Waals surface area contributed by atoms with E-state index in [4.69, 9.17) is 10.5 Å². The first-order valence-electron chi connectivity index (χ1n) is 6.89. The monoisotopic (exact) mass is 274 g/mol. The molecule has 0 amide bonds. The van der Waals surface area contributed by atoms with Crippen molar-refractivity contribution in [1.82, 2.24) is 14.5 Å². The summed E-state index contributed by atoms with van der Waals surface area (Å²) < 4.78 is 7.77. The van der Waals surface area contributed by atoms with Gasteiger partial charge in [-0.3, -0.25) is 4.57 Å². The molecular formula is C15H22N4O. The minimum Gasteiger partial charge on any atom is -0.470 e. The number of hydrogen-bond donors (Lipinski definition) is 1. The van der Waals surface area contributed by atoms with Gasteiger partial charge in [0.25, 0.3) is 0 Å². The van der Waals surface area contributed by atoms with E-state index in [1.165, 1.54) is 0 Å². The maximum atomic E-state index is 5.93. The SMILES string of the molecule is CCCc1nccn1-c1ccc(N)c(OC(C)(C)C)n1. The number of nitrogens with zero attached hydrogens (tertiary/aromatic N) is 3. The van der Waals surface area contributed by atoms with Gasteiger partial charge in [-0.05, 0) is 39.3 Å². The Hall–Kier alpha value is -2.04. The van der Waals surface area contributed by atoms with Crippen LogP contribution in [-0.2, 0) is 6.42 Å². The molecule has 0 radical (unpaired) electrons. The Balaban J connectivity index is 2.38. The maximum Gasteiger partial charge on any atom is 0.239 e. The predicted octanol–water partition coefficient (Wildman–Crippen LogP) is 2.98. The van der Waals surface area contributed by atoms with E-state index in [1.54, 1.807) is 6.20 Å². The van der Waals surface area contributed by atoms with Gasteiger partial charge in [0.05, 0.1) is 5.69 Å².